The molecule has 0 fully saturated rings. The summed E-state index contributed by atoms with van der Waals surface area (Å²) in [6, 6.07) is 4.11. The molecule has 1 aliphatic carbocycles. The van der Waals surface area contributed by atoms with Gasteiger partial charge < -0.3 is 0 Å². The van der Waals surface area contributed by atoms with Gasteiger partial charge in [-0.05, 0) is 36.1 Å². The fraction of sp³-hybridized carbons (Fsp3) is 0.333. The van der Waals surface area contributed by atoms with Crippen LogP contribution in [0.25, 0.3) is 0 Å². The molecule has 0 saturated heterocycles. The summed E-state index contributed by atoms with van der Waals surface area (Å²) in [4.78, 5) is 0.488. The minimum absolute atomic E-state index is 0.488. The normalized spacial score (nSPS) is 21.1. The van der Waals surface area contributed by atoms with Crippen molar-refractivity contribution in [3.05, 3.63) is 32.8 Å². The van der Waals surface area contributed by atoms with Gasteiger partial charge in [0.25, 0.3) is 0 Å². The first-order valence-electron chi connectivity index (χ1n) is 3.80. The van der Waals surface area contributed by atoms with Gasteiger partial charge in [-0.2, -0.15) is 0 Å². The average Bonchev–Trinajstić information content (AvgIpc) is 2.33. The first kappa shape index (κ1) is 9.04. The van der Waals surface area contributed by atoms with Crippen molar-refractivity contribution in [2.45, 2.75) is 17.7 Å². The molecule has 0 heterocycles. The molecule has 0 aliphatic heterocycles. The Morgan fingerprint density at radius 1 is 1.42 bits per heavy atom. The van der Waals surface area contributed by atoms with Gasteiger partial charge in [0.15, 0.2) is 0 Å². The Morgan fingerprint density at radius 3 is 2.92 bits per heavy atom. The lowest BCUT2D eigenvalue weighted by atomic mass is 10.1. The third-order valence-electron chi connectivity index (χ3n) is 2.18. The molecule has 1 aromatic carbocycles. The maximum atomic E-state index is 6.09. The van der Waals surface area contributed by atoms with Crippen molar-refractivity contribution in [1.29, 1.82) is 0 Å². The second-order valence-corrected chi connectivity index (χ2v) is 5.39. The summed E-state index contributed by atoms with van der Waals surface area (Å²) in [6.45, 7) is 0. The van der Waals surface area contributed by atoms with Crippen LogP contribution in [0.5, 0.6) is 0 Å². The number of rotatable bonds is 0. The topological polar surface area (TPSA) is 0 Å². The number of halogens is 3. The monoisotopic (exact) mass is 308 g/mol. The number of benzene rings is 1. The maximum Gasteiger partial charge on any atom is 0.0452 e. The van der Waals surface area contributed by atoms with Gasteiger partial charge in [0.1, 0.15) is 0 Å². The molecule has 3 heteroatoms. The Balaban J connectivity index is 2.60. The zero-order chi connectivity index (χ0) is 8.72. The average molecular weight is 310 g/mol. The summed E-state index contributed by atoms with van der Waals surface area (Å²) in [5, 5.41) is 0.890. The van der Waals surface area contributed by atoms with Gasteiger partial charge in [0, 0.05) is 14.3 Å². The van der Waals surface area contributed by atoms with Crippen molar-refractivity contribution in [3.63, 3.8) is 0 Å². The molecule has 0 N–H and O–H groups in total. The van der Waals surface area contributed by atoms with E-state index in [2.05, 4.69) is 37.9 Å². The lowest BCUT2D eigenvalue weighted by Crippen LogP contribution is -1.84. The smallest absolute Gasteiger partial charge is 0.0452 e. The molecule has 0 aromatic heterocycles. The molecule has 64 valence electrons. The molecule has 2 rings (SSSR count). The van der Waals surface area contributed by atoms with Crippen LogP contribution in [-0.2, 0) is 6.42 Å². The number of fused-ring (bicyclic) bond motifs is 1. The third kappa shape index (κ3) is 1.45. The highest BCUT2D eigenvalue weighted by atomic mass is 79.9. The molecule has 0 saturated carbocycles. The van der Waals surface area contributed by atoms with Gasteiger partial charge in [-0.1, -0.05) is 43.5 Å². The fourth-order valence-electron chi connectivity index (χ4n) is 1.59. The summed E-state index contributed by atoms with van der Waals surface area (Å²) in [7, 11) is 0. The Hall–Kier alpha value is 0.470. The van der Waals surface area contributed by atoms with E-state index in [4.69, 9.17) is 11.6 Å². The molecule has 0 amide bonds. The van der Waals surface area contributed by atoms with Crippen molar-refractivity contribution in [2.75, 3.05) is 0 Å². The Morgan fingerprint density at radius 2 is 2.17 bits per heavy atom. The highest BCUT2D eigenvalue weighted by Gasteiger charge is 2.22. The highest BCUT2D eigenvalue weighted by Crippen LogP contribution is 2.42. The standard InChI is InChI=1S/C9H7Br2Cl/c10-5-3-7-6(9(12)4-5)1-2-8(7)11/h3-4,8H,1-2H2. The number of hydrogen-bond acceptors (Lipinski definition) is 0. The molecular formula is C9H7Br2Cl. The molecule has 0 spiro atoms. The van der Waals surface area contributed by atoms with E-state index in [0.717, 1.165) is 22.3 Å². The van der Waals surface area contributed by atoms with Crippen molar-refractivity contribution in [1.82, 2.24) is 0 Å². The van der Waals surface area contributed by atoms with Crippen LogP contribution < -0.4 is 0 Å². The molecule has 1 aliphatic rings. The van der Waals surface area contributed by atoms with E-state index in [1.165, 1.54) is 11.1 Å². The van der Waals surface area contributed by atoms with E-state index in [-0.39, 0.29) is 0 Å². The molecule has 0 radical (unpaired) electrons. The van der Waals surface area contributed by atoms with E-state index in [0.29, 0.717) is 4.83 Å². The highest BCUT2D eigenvalue weighted by molar-refractivity contribution is 9.10. The Bertz CT molecular complexity index is 323. The number of alkyl halides is 1. The van der Waals surface area contributed by atoms with E-state index >= 15 is 0 Å². The molecule has 1 aromatic rings. The molecule has 0 nitrogen and oxygen atoms in total. The zero-order valence-electron chi connectivity index (χ0n) is 6.28. The third-order valence-corrected chi connectivity index (χ3v) is 3.93. The predicted octanol–water partition coefficient (Wildman–Crippen LogP) is 4.48. The van der Waals surface area contributed by atoms with Crippen LogP contribution in [0.4, 0.5) is 0 Å². The molecule has 1 atom stereocenters. The number of hydrogen-bond donors (Lipinski definition) is 0. The van der Waals surface area contributed by atoms with Gasteiger partial charge in [-0.15, -0.1) is 0 Å². The van der Waals surface area contributed by atoms with E-state index in [1.54, 1.807) is 0 Å². The summed E-state index contributed by atoms with van der Waals surface area (Å²) in [5.41, 5.74) is 2.65. The molecular weight excluding hydrogens is 303 g/mol. The van der Waals surface area contributed by atoms with Crippen LogP contribution in [-0.4, -0.2) is 0 Å². The van der Waals surface area contributed by atoms with Gasteiger partial charge in [0.05, 0.1) is 0 Å². The first-order chi connectivity index (χ1) is 5.68. The van der Waals surface area contributed by atoms with Crippen LogP contribution in [0, 0.1) is 0 Å². The predicted molar refractivity (Wildman–Crippen MR) is 59.1 cm³/mol. The summed E-state index contributed by atoms with van der Waals surface area (Å²) in [5.74, 6) is 0. The minimum Gasteiger partial charge on any atom is -0.0840 e. The fourth-order valence-corrected chi connectivity index (χ4v) is 3.16. The van der Waals surface area contributed by atoms with E-state index in [1.807, 2.05) is 6.07 Å². The Labute approximate surface area is 93.6 Å². The van der Waals surface area contributed by atoms with Crippen molar-refractivity contribution >= 4 is 43.5 Å². The molecule has 12 heavy (non-hydrogen) atoms. The van der Waals surface area contributed by atoms with Crippen LogP contribution in [0.2, 0.25) is 5.02 Å². The minimum atomic E-state index is 0.488. The van der Waals surface area contributed by atoms with Crippen molar-refractivity contribution in [2.24, 2.45) is 0 Å². The molecule has 0 bridgehead atoms. The van der Waals surface area contributed by atoms with Gasteiger partial charge in [-0.3, -0.25) is 0 Å². The van der Waals surface area contributed by atoms with Gasteiger partial charge >= 0.3 is 0 Å². The maximum absolute atomic E-state index is 6.09. The molecule has 1 unspecified atom stereocenters. The summed E-state index contributed by atoms with van der Waals surface area (Å²) in [6.07, 6.45) is 2.25. The van der Waals surface area contributed by atoms with Crippen molar-refractivity contribution in [3.8, 4) is 0 Å². The SMILES string of the molecule is Clc1cc(Br)cc2c1CCC2Br. The quantitative estimate of drug-likeness (QED) is 0.620. The van der Waals surface area contributed by atoms with E-state index in [9.17, 15) is 0 Å². The van der Waals surface area contributed by atoms with Crippen LogP contribution in [0.3, 0.4) is 0 Å². The second-order valence-electron chi connectivity index (χ2n) is 2.96. The van der Waals surface area contributed by atoms with Crippen LogP contribution in [0.1, 0.15) is 22.4 Å². The largest absolute Gasteiger partial charge is 0.0840 e. The zero-order valence-corrected chi connectivity index (χ0v) is 10.2. The van der Waals surface area contributed by atoms with Gasteiger partial charge in [0.2, 0.25) is 0 Å². The lowest BCUT2D eigenvalue weighted by Gasteiger charge is -2.04. The van der Waals surface area contributed by atoms with Crippen LogP contribution in [0.15, 0.2) is 16.6 Å². The lowest BCUT2D eigenvalue weighted by molar-refractivity contribution is 0.903. The van der Waals surface area contributed by atoms with E-state index < -0.39 is 0 Å². The summed E-state index contributed by atoms with van der Waals surface area (Å²) >= 11 is 13.2. The Kier molecular flexibility index (Phi) is 2.50. The summed E-state index contributed by atoms with van der Waals surface area (Å²) < 4.78 is 1.07. The van der Waals surface area contributed by atoms with Crippen molar-refractivity contribution < 1.29 is 0 Å². The van der Waals surface area contributed by atoms with Crippen LogP contribution >= 0.6 is 43.5 Å². The second kappa shape index (κ2) is 3.32. The first-order valence-corrected chi connectivity index (χ1v) is 5.89. The van der Waals surface area contributed by atoms with Gasteiger partial charge in [-0.25, -0.2) is 0 Å².